The molecule has 5 rings (SSSR count). The number of aromatic nitrogens is 6. The van der Waals surface area contributed by atoms with Gasteiger partial charge in [0.15, 0.2) is 12.3 Å². The molecule has 1 fully saturated rings. The first-order chi connectivity index (χ1) is 17.4. The molecule has 0 bridgehead atoms. The van der Waals surface area contributed by atoms with E-state index < -0.39 is 30.7 Å². The highest BCUT2D eigenvalue weighted by molar-refractivity contribution is 6.34. The smallest absolute Gasteiger partial charge is 0.179 e. The van der Waals surface area contributed by atoms with Crippen molar-refractivity contribution in [1.82, 2.24) is 34.5 Å². The average molecular weight is 515 g/mol. The lowest BCUT2D eigenvalue weighted by atomic mass is 10.0. The summed E-state index contributed by atoms with van der Waals surface area (Å²) in [5, 5.41) is 32.1. The molecule has 0 spiro atoms. The molecule has 1 unspecified atom stereocenters. The number of aliphatic hydroxyl groups is 1. The standard InChI is InChI=1S/C23H21ClF2N8O2/c1-13-22(30-31-34(13)19-4-5-32(12-27)10-17(19)26)14-6-20(23-16(24)8-29-33(23)9-14)36-21(11-35)18-3-2-15(25)7-28-18/h2-3,6-9,17,19,21,35H,4-5,10-11H2,1H3/t17-,19-,21?/m1/s1. The normalized spacial score (nSPS) is 18.8. The van der Waals surface area contributed by atoms with Crippen molar-refractivity contribution >= 4 is 17.1 Å². The number of nitriles is 1. The van der Waals surface area contributed by atoms with Gasteiger partial charge >= 0.3 is 0 Å². The van der Waals surface area contributed by atoms with Crippen LogP contribution in [0.1, 0.15) is 30.0 Å². The fraction of sp³-hybridized carbons (Fsp3) is 0.348. The zero-order valence-electron chi connectivity index (χ0n) is 19.1. The zero-order valence-corrected chi connectivity index (χ0v) is 19.8. The predicted octanol–water partition coefficient (Wildman–Crippen LogP) is 3.27. The number of halogens is 3. The Hall–Kier alpha value is -3.82. The fourth-order valence-electron chi connectivity index (χ4n) is 4.37. The second-order valence-corrected chi connectivity index (χ2v) is 8.86. The van der Waals surface area contributed by atoms with Crippen LogP contribution in [0.4, 0.5) is 8.78 Å². The molecule has 1 aliphatic heterocycles. The fourth-order valence-corrected chi connectivity index (χ4v) is 4.59. The Morgan fingerprint density at radius 3 is 2.89 bits per heavy atom. The summed E-state index contributed by atoms with van der Waals surface area (Å²) < 4.78 is 37.3. The third kappa shape index (κ3) is 4.31. The Morgan fingerprint density at radius 2 is 2.19 bits per heavy atom. The molecule has 1 N–H and O–H groups in total. The quantitative estimate of drug-likeness (QED) is 0.390. The maximum atomic E-state index is 14.8. The van der Waals surface area contributed by atoms with Crippen molar-refractivity contribution in [2.45, 2.75) is 31.7 Å². The van der Waals surface area contributed by atoms with Gasteiger partial charge < -0.3 is 14.7 Å². The molecule has 0 radical (unpaired) electrons. The number of aliphatic hydroxyl groups excluding tert-OH is 1. The van der Waals surface area contributed by atoms with Crippen LogP contribution >= 0.6 is 11.6 Å². The second kappa shape index (κ2) is 9.67. The predicted molar refractivity (Wildman–Crippen MR) is 124 cm³/mol. The third-order valence-electron chi connectivity index (χ3n) is 6.21. The molecule has 0 aliphatic carbocycles. The molecule has 1 saturated heterocycles. The van der Waals surface area contributed by atoms with Crippen LogP contribution in [-0.2, 0) is 0 Å². The van der Waals surface area contributed by atoms with E-state index in [2.05, 4.69) is 20.4 Å². The maximum absolute atomic E-state index is 14.8. The van der Waals surface area contributed by atoms with E-state index in [-0.39, 0.29) is 6.54 Å². The summed E-state index contributed by atoms with van der Waals surface area (Å²) in [5.74, 6) is -0.217. The molecule has 10 nitrogen and oxygen atoms in total. The van der Waals surface area contributed by atoms with Crippen molar-refractivity contribution in [3.8, 4) is 23.2 Å². The van der Waals surface area contributed by atoms with E-state index in [1.54, 1.807) is 23.9 Å². The summed E-state index contributed by atoms with van der Waals surface area (Å²) in [7, 11) is 0. The molecule has 0 aromatic carbocycles. The summed E-state index contributed by atoms with van der Waals surface area (Å²) in [6, 6.07) is 3.79. The number of alkyl halides is 1. The van der Waals surface area contributed by atoms with Gasteiger partial charge in [0.2, 0.25) is 0 Å². The number of fused-ring (bicyclic) bond motifs is 1. The van der Waals surface area contributed by atoms with Crippen LogP contribution < -0.4 is 4.74 Å². The van der Waals surface area contributed by atoms with Crippen molar-refractivity contribution in [2.24, 2.45) is 0 Å². The second-order valence-electron chi connectivity index (χ2n) is 8.46. The van der Waals surface area contributed by atoms with Crippen LogP contribution in [0.15, 0.2) is 36.8 Å². The van der Waals surface area contributed by atoms with E-state index in [1.807, 2.05) is 6.19 Å². The van der Waals surface area contributed by atoms with Crippen molar-refractivity contribution < 1.29 is 18.6 Å². The molecule has 36 heavy (non-hydrogen) atoms. The van der Waals surface area contributed by atoms with E-state index in [0.717, 1.165) is 6.20 Å². The van der Waals surface area contributed by atoms with Gasteiger partial charge in [-0.05, 0) is 31.5 Å². The van der Waals surface area contributed by atoms with Gasteiger partial charge in [-0.3, -0.25) is 4.98 Å². The number of hydrogen-bond acceptors (Lipinski definition) is 8. The minimum atomic E-state index is -1.27. The van der Waals surface area contributed by atoms with Crippen LogP contribution in [0.3, 0.4) is 0 Å². The van der Waals surface area contributed by atoms with Crippen LogP contribution in [0.25, 0.3) is 16.8 Å². The Labute approximate surface area is 209 Å². The van der Waals surface area contributed by atoms with Gasteiger partial charge in [0.25, 0.3) is 0 Å². The molecule has 5 heterocycles. The number of hydrogen-bond donors (Lipinski definition) is 1. The van der Waals surface area contributed by atoms with E-state index in [0.29, 0.717) is 51.9 Å². The van der Waals surface area contributed by atoms with Crippen LogP contribution in [0, 0.1) is 24.2 Å². The zero-order chi connectivity index (χ0) is 25.4. The molecule has 4 aromatic rings. The summed E-state index contributed by atoms with van der Waals surface area (Å²) in [6.07, 6.45) is 4.43. The molecule has 0 saturated carbocycles. The first kappa shape index (κ1) is 23.9. The first-order valence-corrected chi connectivity index (χ1v) is 11.5. The Bertz CT molecular complexity index is 1430. The summed E-state index contributed by atoms with van der Waals surface area (Å²) in [6.45, 7) is 1.81. The molecular weight excluding hydrogens is 494 g/mol. The number of nitrogens with zero attached hydrogens (tertiary/aromatic N) is 8. The van der Waals surface area contributed by atoms with E-state index in [4.69, 9.17) is 21.6 Å². The topological polar surface area (TPSA) is 117 Å². The van der Waals surface area contributed by atoms with E-state index in [9.17, 15) is 13.9 Å². The van der Waals surface area contributed by atoms with Crippen molar-refractivity contribution in [2.75, 3.05) is 19.7 Å². The monoisotopic (exact) mass is 514 g/mol. The van der Waals surface area contributed by atoms with Crippen LogP contribution in [0.5, 0.6) is 5.75 Å². The average Bonchev–Trinajstić information content (AvgIpc) is 3.45. The first-order valence-electron chi connectivity index (χ1n) is 11.2. The minimum Gasteiger partial charge on any atom is -0.479 e. The maximum Gasteiger partial charge on any atom is 0.179 e. The van der Waals surface area contributed by atoms with Crippen LogP contribution in [-0.4, -0.2) is 65.5 Å². The minimum absolute atomic E-state index is 0.00546. The Morgan fingerprint density at radius 1 is 1.36 bits per heavy atom. The highest BCUT2D eigenvalue weighted by Crippen LogP contribution is 2.36. The molecular formula is C23H21ClF2N8O2. The lowest BCUT2D eigenvalue weighted by Gasteiger charge is -2.31. The van der Waals surface area contributed by atoms with Crippen molar-refractivity contribution in [3.05, 3.63) is 59.0 Å². The molecule has 13 heteroatoms. The Balaban J connectivity index is 1.52. The van der Waals surface area contributed by atoms with Crippen molar-refractivity contribution in [3.63, 3.8) is 0 Å². The van der Waals surface area contributed by atoms with Crippen LogP contribution in [0.2, 0.25) is 5.02 Å². The number of pyridine rings is 2. The molecule has 4 aromatic heterocycles. The number of rotatable bonds is 6. The summed E-state index contributed by atoms with van der Waals surface area (Å²) >= 11 is 6.35. The van der Waals surface area contributed by atoms with E-state index in [1.165, 1.54) is 27.7 Å². The van der Waals surface area contributed by atoms with Gasteiger partial charge in [-0.15, -0.1) is 5.10 Å². The van der Waals surface area contributed by atoms with Gasteiger partial charge in [0.05, 0.1) is 48.0 Å². The Kier molecular flexibility index (Phi) is 6.42. The number of piperidine rings is 1. The third-order valence-corrected chi connectivity index (χ3v) is 6.49. The van der Waals surface area contributed by atoms with Gasteiger partial charge in [-0.25, -0.2) is 18.0 Å². The highest BCUT2D eigenvalue weighted by Gasteiger charge is 2.33. The lowest BCUT2D eigenvalue weighted by molar-refractivity contribution is 0.114. The number of likely N-dealkylation sites (tertiary alicyclic amines) is 1. The lowest BCUT2D eigenvalue weighted by Crippen LogP contribution is -2.40. The molecule has 0 amide bonds. The highest BCUT2D eigenvalue weighted by atomic mass is 35.5. The van der Waals surface area contributed by atoms with Gasteiger partial charge in [0, 0.05) is 18.3 Å². The van der Waals surface area contributed by atoms with Gasteiger partial charge in [0.1, 0.15) is 28.9 Å². The molecule has 186 valence electrons. The summed E-state index contributed by atoms with van der Waals surface area (Å²) in [4.78, 5) is 5.39. The number of ether oxygens (including phenoxy) is 1. The van der Waals surface area contributed by atoms with Crippen molar-refractivity contribution in [1.29, 1.82) is 5.26 Å². The van der Waals surface area contributed by atoms with Gasteiger partial charge in [-0.1, -0.05) is 16.8 Å². The van der Waals surface area contributed by atoms with Gasteiger partial charge in [-0.2, -0.15) is 10.4 Å². The largest absolute Gasteiger partial charge is 0.479 e. The van der Waals surface area contributed by atoms with E-state index >= 15 is 0 Å². The summed E-state index contributed by atoms with van der Waals surface area (Å²) in [5.41, 5.74) is 2.49. The SMILES string of the molecule is Cc1c(-c2cc(OC(CO)c3ccc(F)cn3)c3c(Cl)cnn3c2)nnn1[C@@H]1CCN(C#N)C[C@H]1F. The molecule has 3 atom stereocenters. The molecule has 1 aliphatic rings.